The second-order valence-electron chi connectivity index (χ2n) is 9.50. The van der Waals surface area contributed by atoms with Crippen molar-refractivity contribution in [3.05, 3.63) is 60.4 Å². The quantitative estimate of drug-likeness (QED) is 0.274. The molecule has 3 aromatic rings. The minimum Gasteiger partial charge on any atom is -0.480 e. The standard InChI is InChI=1S/C27H36N8O2/c1-20(2)28-10-11-29-25-7-6-22(17-31-25)24-8-9-30-27(33-24)32-23-5-3-4-21(16-23)18-34-12-14-35(15-13-34)19-26(36)37/h3-9,16-17,20,28H,10-15,18-19H2,1-2H3,(H,29,31)(H,36,37)(H,30,32,33). The van der Waals surface area contributed by atoms with E-state index in [4.69, 9.17) is 5.11 Å². The van der Waals surface area contributed by atoms with Crippen molar-refractivity contribution < 1.29 is 9.90 Å². The minimum absolute atomic E-state index is 0.111. The molecular weight excluding hydrogens is 468 g/mol. The highest BCUT2D eigenvalue weighted by Gasteiger charge is 2.18. The van der Waals surface area contributed by atoms with Crippen molar-refractivity contribution in [3.63, 3.8) is 0 Å². The van der Waals surface area contributed by atoms with Crippen molar-refractivity contribution in [2.75, 3.05) is 56.4 Å². The van der Waals surface area contributed by atoms with Crippen LogP contribution in [0.5, 0.6) is 0 Å². The van der Waals surface area contributed by atoms with E-state index in [-0.39, 0.29) is 6.54 Å². The first-order valence-electron chi connectivity index (χ1n) is 12.7. The summed E-state index contributed by atoms with van der Waals surface area (Å²) in [6.07, 6.45) is 3.57. The number of carboxylic acid groups (broad SMARTS) is 1. The Morgan fingerprint density at radius 1 is 1.03 bits per heavy atom. The van der Waals surface area contributed by atoms with Crippen molar-refractivity contribution >= 4 is 23.4 Å². The van der Waals surface area contributed by atoms with Gasteiger partial charge in [-0.2, -0.15) is 0 Å². The number of aromatic nitrogens is 3. The number of carboxylic acids is 1. The highest BCUT2D eigenvalue weighted by Crippen LogP contribution is 2.21. The second-order valence-corrected chi connectivity index (χ2v) is 9.50. The van der Waals surface area contributed by atoms with Gasteiger partial charge in [-0.15, -0.1) is 0 Å². The fourth-order valence-corrected chi connectivity index (χ4v) is 4.21. The molecule has 0 saturated carbocycles. The Morgan fingerprint density at radius 2 is 1.84 bits per heavy atom. The Balaban J connectivity index is 1.32. The van der Waals surface area contributed by atoms with Gasteiger partial charge in [-0.1, -0.05) is 26.0 Å². The van der Waals surface area contributed by atoms with E-state index in [1.54, 1.807) is 6.20 Å². The number of hydrogen-bond acceptors (Lipinski definition) is 9. The van der Waals surface area contributed by atoms with Crippen molar-refractivity contribution in [3.8, 4) is 11.3 Å². The Labute approximate surface area is 218 Å². The number of rotatable bonds is 12. The summed E-state index contributed by atoms with van der Waals surface area (Å²) < 4.78 is 0. The van der Waals surface area contributed by atoms with Crippen LogP contribution in [0.4, 0.5) is 17.5 Å². The first-order valence-corrected chi connectivity index (χ1v) is 12.7. The van der Waals surface area contributed by atoms with Gasteiger partial charge in [0.1, 0.15) is 5.82 Å². The van der Waals surface area contributed by atoms with Gasteiger partial charge in [0.05, 0.1) is 12.2 Å². The average Bonchev–Trinajstić information content (AvgIpc) is 2.88. The number of nitrogens with one attached hydrogen (secondary N) is 3. The van der Waals surface area contributed by atoms with Crippen molar-refractivity contribution in [1.29, 1.82) is 0 Å². The van der Waals surface area contributed by atoms with Crippen molar-refractivity contribution in [2.45, 2.75) is 26.4 Å². The summed E-state index contributed by atoms with van der Waals surface area (Å²) in [7, 11) is 0. The van der Waals surface area contributed by atoms with Crippen LogP contribution in [-0.4, -0.2) is 87.7 Å². The maximum atomic E-state index is 10.9. The molecule has 1 aromatic carbocycles. The molecule has 0 unspecified atom stereocenters. The van der Waals surface area contributed by atoms with Crippen LogP contribution >= 0.6 is 0 Å². The molecule has 0 spiro atoms. The summed E-state index contributed by atoms with van der Waals surface area (Å²) in [5, 5.41) is 19.0. The van der Waals surface area contributed by atoms with Gasteiger partial charge in [0, 0.05) is 75.5 Å². The monoisotopic (exact) mass is 504 g/mol. The van der Waals surface area contributed by atoms with Crippen LogP contribution in [0.15, 0.2) is 54.9 Å². The lowest BCUT2D eigenvalue weighted by atomic mass is 10.1. The van der Waals surface area contributed by atoms with Crippen LogP contribution in [0.25, 0.3) is 11.3 Å². The molecule has 10 nitrogen and oxygen atoms in total. The van der Waals surface area contributed by atoms with Gasteiger partial charge in [0.2, 0.25) is 5.95 Å². The first kappa shape index (κ1) is 26.5. The van der Waals surface area contributed by atoms with Gasteiger partial charge >= 0.3 is 5.97 Å². The highest BCUT2D eigenvalue weighted by molar-refractivity contribution is 5.69. The topological polar surface area (TPSA) is 119 Å². The number of pyridine rings is 1. The molecule has 2 aromatic heterocycles. The van der Waals surface area contributed by atoms with Gasteiger partial charge < -0.3 is 21.1 Å². The summed E-state index contributed by atoms with van der Waals surface area (Å²) in [5.74, 6) is 0.592. The predicted octanol–water partition coefficient (Wildman–Crippen LogP) is 2.89. The zero-order valence-electron chi connectivity index (χ0n) is 21.5. The second kappa shape index (κ2) is 13.1. The van der Waals surface area contributed by atoms with Crippen LogP contribution in [0.1, 0.15) is 19.4 Å². The van der Waals surface area contributed by atoms with E-state index in [1.807, 2.05) is 41.4 Å². The highest BCUT2D eigenvalue weighted by atomic mass is 16.4. The molecule has 37 heavy (non-hydrogen) atoms. The molecule has 196 valence electrons. The van der Waals surface area contributed by atoms with Crippen LogP contribution in [0.3, 0.4) is 0 Å². The first-order chi connectivity index (χ1) is 17.9. The van der Waals surface area contributed by atoms with Crippen LogP contribution in [0, 0.1) is 0 Å². The van der Waals surface area contributed by atoms with E-state index < -0.39 is 5.97 Å². The van der Waals surface area contributed by atoms with Crippen LogP contribution < -0.4 is 16.0 Å². The van der Waals surface area contributed by atoms with Gasteiger partial charge in [0.15, 0.2) is 0 Å². The lowest BCUT2D eigenvalue weighted by Crippen LogP contribution is -2.47. The Kier molecular flexibility index (Phi) is 9.36. The molecule has 4 rings (SSSR count). The zero-order chi connectivity index (χ0) is 26.0. The smallest absolute Gasteiger partial charge is 0.317 e. The summed E-state index contributed by atoms with van der Waals surface area (Å²) in [6, 6.07) is 14.5. The third-order valence-electron chi connectivity index (χ3n) is 6.11. The van der Waals surface area contributed by atoms with E-state index >= 15 is 0 Å². The molecule has 3 heterocycles. The molecule has 0 bridgehead atoms. The molecule has 0 radical (unpaired) electrons. The summed E-state index contributed by atoms with van der Waals surface area (Å²) in [6.45, 7) is 10.1. The van der Waals surface area contributed by atoms with Crippen LogP contribution in [0.2, 0.25) is 0 Å². The SMILES string of the molecule is CC(C)NCCNc1ccc(-c2ccnc(Nc3cccc(CN4CCN(CC(=O)O)CC4)c3)n2)cn1. The van der Waals surface area contributed by atoms with E-state index in [1.165, 1.54) is 5.56 Å². The van der Waals surface area contributed by atoms with Gasteiger partial charge in [-0.25, -0.2) is 15.0 Å². The maximum Gasteiger partial charge on any atom is 0.317 e. The van der Waals surface area contributed by atoms with E-state index in [0.717, 1.165) is 68.6 Å². The normalized spacial score (nSPS) is 14.6. The van der Waals surface area contributed by atoms with E-state index in [0.29, 0.717) is 12.0 Å². The fraction of sp³-hybridized carbons (Fsp3) is 0.407. The average molecular weight is 505 g/mol. The number of nitrogens with zero attached hydrogens (tertiary/aromatic N) is 5. The third-order valence-corrected chi connectivity index (χ3v) is 6.11. The lowest BCUT2D eigenvalue weighted by molar-refractivity contribution is -0.138. The van der Waals surface area contributed by atoms with Gasteiger partial charge in [0.25, 0.3) is 0 Å². The zero-order valence-corrected chi connectivity index (χ0v) is 21.5. The Morgan fingerprint density at radius 3 is 2.57 bits per heavy atom. The lowest BCUT2D eigenvalue weighted by Gasteiger charge is -2.33. The Bertz CT molecular complexity index is 1150. The summed E-state index contributed by atoms with van der Waals surface area (Å²) in [5.41, 5.74) is 3.83. The molecule has 1 aliphatic rings. The molecule has 1 fully saturated rings. The number of aliphatic carboxylic acids is 1. The molecular formula is C27H36N8O2. The number of anilines is 3. The van der Waals surface area contributed by atoms with Gasteiger partial charge in [-0.3, -0.25) is 14.6 Å². The van der Waals surface area contributed by atoms with Crippen LogP contribution in [-0.2, 0) is 11.3 Å². The van der Waals surface area contributed by atoms with E-state index in [2.05, 4.69) is 61.8 Å². The van der Waals surface area contributed by atoms with E-state index in [9.17, 15) is 4.79 Å². The fourth-order valence-electron chi connectivity index (χ4n) is 4.21. The summed E-state index contributed by atoms with van der Waals surface area (Å²) in [4.78, 5) is 28.8. The molecule has 10 heteroatoms. The number of hydrogen-bond donors (Lipinski definition) is 4. The van der Waals surface area contributed by atoms with Gasteiger partial charge in [-0.05, 0) is 35.9 Å². The summed E-state index contributed by atoms with van der Waals surface area (Å²) >= 11 is 0. The number of benzene rings is 1. The molecule has 4 N–H and O–H groups in total. The minimum atomic E-state index is -0.769. The predicted molar refractivity (Wildman–Crippen MR) is 146 cm³/mol. The largest absolute Gasteiger partial charge is 0.480 e. The van der Waals surface area contributed by atoms with Crippen molar-refractivity contribution in [2.24, 2.45) is 0 Å². The van der Waals surface area contributed by atoms with Crippen molar-refractivity contribution in [1.82, 2.24) is 30.1 Å². The molecule has 0 aliphatic carbocycles. The molecule has 0 amide bonds. The molecule has 1 saturated heterocycles. The molecule has 1 aliphatic heterocycles. The molecule has 0 atom stereocenters. The Hall–Kier alpha value is -3.60. The maximum absolute atomic E-state index is 10.9. The third kappa shape index (κ3) is 8.49. The number of carbonyl (C=O) groups is 1. The number of piperazine rings is 1.